The van der Waals surface area contributed by atoms with Gasteiger partial charge in [-0.25, -0.2) is 0 Å². The van der Waals surface area contributed by atoms with Crippen molar-refractivity contribution < 1.29 is 9.32 Å². The molecule has 1 aliphatic rings. The SMILES string of the molecule is O=C(c1ccccc1)N1CCc2onc(-c3ccccc3)c2C1. The molecule has 4 rings (SSSR count). The van der Waals surface area contributed by atoms with Crippen molar-refractivity contribution in [1.29, 1.82) is 0 Å². The summed E-state index contributed by atoms with van der Waals surface area (Å²) in [5, 5.41) is 4.22. The third kappa shape index (κ3) is 2.52. The standard InChI is InChI=1S/C19H16N2O2/c22-19(15-9-5-2-6-10-15)21-12-11-17-16(13-21)18(20-23-17)14-7-3-1-4-8-14/h1-10H,11-13H2. The normalized spacial score (nSPS) is 13.7. The van der Waals surface area contributed by atoms with E-state index in [0.29, 0.717) is 25.1 Å². The molecule has 4 heteroatoms. The summed E-state index contributed by atoms with van der Waals surface area (Å²) in [6.45, 7) is 1.20. The van der Waals surface area contributed by atoms with Crippen molar-refractivity contribution in [3.05, 3.63) is 77.6 Å². The fourth-order valence-electron chi connectivity index (χ4n) is 2.97. The molecule has 4 nitrogen and oxygen atoms in total. The molecule has 0 radical (unpaired) electrons. The van der Waals surface area contributed by atoms with Gasteiger partial charge in [0.25, 0.3) is 5.91 Å². The maximum atomic E-state index is 12.7. The quantitative estimate of drug-likeness (QED) is 0.727. The summed E-state index contributed by atoms with van der Waals surface area (Å²) in [6.07, 6.45) is 0.702. The summed E-state index contributed by atoms with van der Waals surface area (Å²) in [6, 6.07) is 19.3. The van der Waals surface area contributed by atoms with Crippen molar-refractivity contribution in [2.75, 3.05) is 6.54 Å². The van der Waals surface area contributed by atoms with Crippen LogP contribution in [0.1, 0.15) is 21.7 Å². The van der Waals surface area contributed by atoms with Crippen LogP contribution in [0.5, 0.6) is 0 Å². The summed E-state index contributed by atoms with van der Waals surface area (Å²) in [7, 11) is 0. The molecule has 0 aliphatic carbocycles. The zero-order valence-electron chi connectivity index (χ0n) is 12.6. The largest absolute Gasteiger partial charge is 0.360 e. The molecule has 1 aromatic heterocycles. The predicted molar refractivity (Wildman–Crippen MR) is 86.8 cm³/mol. The van der Waals surface area contributed by atoms with Crippen LogP contribution in [0.3, 0.4) is 0 Å². The molecule has 2 heterocycles. The van der Waals surface area contributed by atoms with Crippen molar-refractivity contribution in [3.63, 3.8) is 0 Å². The van der Waals surface area contributed by atoms with Gasteiger partial charge in [-0.2, -0.15) is 0 Å². The molecule has 0 unspecified atom stereocenters. The van der Waals surface area contributed by atoms with Crippen molar-refractivity contribution in [2.45, 2.75) is 13.0 Å². The Balaban J connectivity index is 1.64. The highest BCUT2D eigenvalue weighted by atomic mass is 16.5. The van der Waals surface area contributed by atoms with Crippen molar-refractivity contribution in [2.24, 2.45) is 0 Å². The van der Waals surface area contributed by atoms with E-state index in [1.54, 1.807) is 0 Å². The van der Waals surface area contributed by atoms with E-state index in [-0.39, 0.29) is 5.91 Å². The lowest BCUT2D eigenvalue weighted by Crippen LogP contribution is -2.35. The van der Waals surface area contributed by atoms with Gasteiger partial charge in [0, 0.05) is 29.7 Å². The maximum absolute atomic E-state index is 12.7. The van der Waals surface area contributed by atoms with Gasteiger partial charge in [-0.15, -0.1) is 0 Å². The van der Waals surface area contributed by atoms with Gasteiger partial charge in [-0.05, 0) is 12.1 Å². The van der Waals surface area contributed by atoms with Gasteiger partial charge >= 0.3 is 0 Å². The Kier molecular flexibility index (Phi) is 3.42. The van der Waals surface area contributed by atoms with Crippen LogP contribution in [0, 0.1) is 0 Å². The van der Waals surface area contributed by atoms with Crippen LogP contribution in [0.25, 0.3) is 11.3 Å². The maximum Gasteiger partial charge on any atom is 0.254 e. The number of carbonyl (C=O) groups is 1. The van der Waals surface area contributed by atoms with E-state index >= 15 is 0 Å². The Bertz CT molecular complexity index is 825. The van der Waals surface area contributed by atoms with Crippen molar-refractivity contribution >= 4 is 5.91 Å². The Labute approximate surface area is 134 Å². The van der Waals surface area contributed by atoms with Gasteiger partial charge in [-0.1, -0.05) is 53.7 Å². The molecule has 0 saturated carbocycles. The third-order valence-corrected chi connectivity index (χ3v) is 4.18. The zero-order chi connectivity index (χ0) is 15.6. The number of hydrogen-bond donors (Lipinski definition) is 0. The number of amides is 1. The number of nitrogens with zero attached hydrogens (tertiary/aromatic N) is 2. The first-order chi connectivity index (χ1) is 11.3. The van der Waals surface area contributed by atoms with E-state index in [1.165, 1.54) is 0 Å². The average Bonchev–Trinajstić information content (AvgIpc) is 3.05. The van der Waals surface area contributed by atoms with E-state index < -0.39 is 0 Å². The van der Waals surface area contributed by atoms with Crippen LogP contribution in [-0.4, -0.2) is 22.5 Å². The van der Waals surface area contributed by atoms with Crippen LogP contribution in [0.2, 0.25) is 0 Å². The number of carbonyl (C=O) groups excluding carboxylic acids is 1. The number of aromatic nitrogens is 1. The molecule has 0 saturated heterocycles. The van der Waals surface area contributed by atoms with E-state index in [1.807, 2.05) is 65.6 Å². The highest BCUT2D eigenvalue weighted by molar-refractivity contribution is 5.94. The number of benzene rings is 2. The Morgan fingerprint density at radius 1 is 1.00 bits per heavy atom. The summed E-state index contributed by atoms with van der Waals surface area (Å²) < 4.78 is 5.49. The molecule has 114 valence electrons. The Hall–Kier alpha value is -2.88. The summed E-state index contributed by atoms with van der Waals surface area (Å²) >= 11 is 0. The number of fused-ring (bicyclic) bond motifs is 1. The molecule has 23 heavy (non-hydrogen) atoms. The second kappa shape index (κ2) is 5.72. The van der Waals surface area contributed by atoms with E-state index in [2.05, 4.69) is 5.16 Å². The molecule has 1 aliphatic heterocycles. The van der Waals surface area contributed by atoms with Crippen molar-refractivity contribution in [3.8, 4) is 11.3 Å². The van der Waals surface area contributed by atoms with Gasteiger partial charge in [0.2, 0.25) is 0 Å². The highest BCUT2D eigenvalue weighted by Gasteiger charge is 2.27. The molecular weight excluding hydrogens is 288 g/mol. The minimum absolute atomic E-state index is 0.0523. The monoisotopic (exact) mass is 304 g/mol. The zero-order valence-corrected chi connectivity index (χ0v) is 12.6. The molecule has 0 spiro atoms. The van der Waals surface area contributed by atoms with Crippen LogP contribution < -0.4 is 0 Å². The second-order valence-electron chi connectivity index (χ2n) is 5.64. The Morgan fingerprint density at radius 2 is 1.70 bits per heavy atom. The van der Waals surface area contributed by atoms with Crippen LogP contribution in [0.15, 0.2) is 65.2 Å². The fourth-order valence-corrected chi connectivity index (χ4v) is 2.97. The molecule has 0 N–H and O–H groups in total. The second-order valence-corrected chi connectivity index (χ2v) is 5.64. The van der Waals surface area contributed by atoms with E-state index in [9.17, 15) is 4.79 Å². The van der Waals surface area contributed by atoms with Gasteiger partial charge in [-0.3, -0.25) is 4.79 Å². The van der Waals surface area contributed by atoms with Gasteiger partial charge < -0.3 is 9.42 Å². The molecule has 0 fully saturated rings. The van der Waals surface area contributed by atoms with Crippen molar-refractivity contribution in [1.82, 2.24) is 10.1 Å². The lowest BCUT2D eigenvalue weighted by atomic mass is 10.0. The first kappa shape index (κ1) is 13.8. The van der Waals surface area contributed by atoms with Crippen LogP contribution in [-0.2, 0) is 13.0 Å². The van der Waals surface area contributed by atoms with E-state index in [0.717, 1.165) is 22.6 Å². The summed E-state index contributed by atoms with van der Waals surface area (Å²) in [4.78, 5) is 14.5. The summed E-state index contributed by atoms with van der Waals surface area (Å²) in [5.41, 5.74) is 3.60. The predicted octanol–water partition coefficient (Wildman–Crippen LogP) is 3.54. The average molecular weight is 304 g/mol. The van der Waals surface area contributed by atoms with Gasteiger partial charge in [0.05, 0.1) is 6.54 Å². The lowest BCUT2D eigenvalue weighted by molar-refractivity contribution is 0.0729. The molecule has 0 bridgehead atoms. The molecule has 0 atom stereocenters. The number of rotatable bonds is 2. The Morgan fingerprint density at radius 3 is 2.43 bits per heavy atom. The topological polar surface area (TPSA) is 46.3 Å². The molecule has 2 aromatic carbocycles. The summed E-state index contributed by atoms with van der Waals surface area (Å²) in [5.74, 6) is 0.942. The lowest BCUT2D eigenvalue weighted by Gasteiger charge is -2.26. The van der Waals surface area contributed by atoms with Gasteiger partial charge in [0.15, 0.2) is 0 Å². The minimum atomic E-state index is 0.0523. The third-order valence-electron chi connectivity index (χ3n) is 4.18. The molecular formula is C19H16N2O2. The number of hydrogen-bond acceptors (Lipinski definition) is 3. The van der Waals surface area contributed by atoms with Gasteiger partial charge in [0.1, 0.15) is 11.5 Å². The highest BCUT2D eigenvalue weighted by Crippen LogP contribution is 2.30. The minimum Gasteiger partial charge on any atom is -0.360 e. The van der Waals surface area contributed by atoms with Crippen LogP contribution >= 0.6 is 0 Å². The first-order valence-electron chi connectivity index (χ1n) is 7.70. The smallest absolute Gasteiger partial charge is 0.254 e. The van der Waals surface area contributed by atoms with E-state index in [4.69, 9.17) is 4.52 Å². The first-order valence-corrected chi connectivity index (χ1v) is 7.70. The molecule has 3 aromatic rings. The van der Waals surface area contributed by atoms with Crippen LogP contribution in [0.4, 0.5) is 0 Å². The fraction of sp³-hybridized carbons (Fsp3) is 0.158. The molecule has 1 amide bonds.